The van der Waals surface area contributed by atoms with Crippen LogP contribution in [0.3, 0.4) is 0 Å². The van der Waals surface area contributed by atoms with E-state index in [0.29, 0.717) is 36.2 Å². The van der Waals surface area contributed by atoms with Crippen molar-refractivity contribution < 1.29 is 4.74 Å². The summed E-state index contributed by atoms with van der Waals surface area (Å²) in [7, 11) is 1.51. The van der Waals surface area contributed by atoms with Gasteiger partial charge < -0.3 is 9.64 Å². The third kappa shape index (κ3) is 4.35. The van der Waals surface area contributed by atoms with Crippen molar-refractivity contribution in [1.82, 2.24) is 14.3 Å². The summed E-state index contributed by atoms with van der Waals surface area (Å²) in [5, 5.41) is 4.95. The van der Waals surface area contributed by atoms with Crippen molar-refractivity contribution in [2.45, 2.75) is 45.3 Å². The highest BCUT2D eigenvalue weighted by Gasteiger charge is 2.25. The molecule has 2 heterocycles. The Kier molecular flexibility index (Phi) is 6.21. The molecule has 8 heteroatoms. The molecule has 1 saturated heterocycles. The first-order valence-electron chi connectivity index (χ1n) is 9.35. The van der Waals surface area contributed by atoms with Crippen molar-refractivity contribution in [3.05, 3.63) is 50.1 Å². The molecule has 1 aromatic carbocycles. The third-order valence-corrected chi connectivity index (χ3v) is 5.13. The van der Waals surface area contributed by atoms with Crippen LogP contribution >= 0.6 is 11.6 Å². The fourth-order valence-electron chi connectivity index (χ4n) is 3.17. The van der Waals surface area contributed by atoms with Gasteiger partial charge in [-0.2, -0.15) is 0 Å². The van der Waals surface area contributed by atoms with Crippen molar-refractivity contribution in [2.75, 3.05) is 18.0 Å². The summed E-state index contributed by atoms with van der Waals surface area (Å²) in [6.07, 6.45) is 3.35. The fourth-order valence-corrected chi connectivity index (χ4v) is 3.35. The molecule has 146 valence electrons. The predicted molar refractivity (Wildman–Crippen MR) is 106 cm³/mol. The van der Waals surface area contributed by atoms with Crippen LogP contribution in [0.2, 0.25) is 5.02 Å². The number of ether oxygens (including phenoxy) is 1. The van der Waals surface area contributed by atoms with E-state index in [1.807, 2.05) is 23.1 Å². The normalized spacial score (nSPS) is 15.1. The lowest BCUT2D eigenvalue weighted by Gasteiger charge is -2.32. The van der Waals surface area contributed by atoms with Gasteiger partial charge in [0.1, 0.15) is 11.9 Å². The molecule has 0 spiro atoms. The average Bonchev–Trinajstić information content (AvgIpc) is 2.68. The molecule has 7 nitrogen and oxygen atoms in total. The molecule has 0 amide bonds. The molecule has 0 aliphatic carbocycles. The Hall–Kier alpha value is -2.28. The van der Waals surface area contributed by atoms with E-state index < -0.39 is 0 Å². The van der Waals surface area contributed by atoms with E-state index in [0.717, 1.165) is 30.3 Å². The number of hydrogen-bond donors (Lipinski definition) is 0. The van der Waals surface area contributed by atoms with Crippen LogP contribution in [-0.4, -0.2) is 33.5 Å². The van der Waals surface area contributed by atoms with Gasteiger partial charge in [-0.1, -0.05) is 37.1 Å². The number of rotatable bonds is 6. The number of aromatic nitrogens is 3. The standard InChI is InChI=1S/C19H25ClN4O3/c1-3-4-11-24-19(26)22(2)18(25)17(21-24)23-12-9-14(10-13-23)27-16-8-6-5-7-15(16)20/h5-8,14H,3-4,9-13H2,1-2H3. The van der Waals surface area contributed by atoms with E-state index in [1.54, 1.807) is 6.07 Å². The second kappa shape index (κ2) is 8.61. The van der Waals surface area contributed by atoms with Crippen molar-refractivity contribution in [1.29, 1.82) is 0 Å². The van der Waals surface area contributed by atoms with Crippen LogP contribution in [0.25, 0.3) is 0 Å². The van der Waals surface area contributed by atoms with E-state index in [2.05, 4.69) is 12.0 Å². The molecule has 2 aromatic rings. The van der Waals surface area contributed by atoms with Gasteiger partial charge in [-0.3, -0.25) is 9.36 Å². The number of hydrogen-bond acceptors (Lipinski definition) is 5. The monoisotopic (exact) mass is 392 g/mol. The summed E-state index contributed by atoms with van der Waals surface area (Å²) < 4.78 is 8.54. The lowest BCUT2D eigenvalue weighted by molar-refractivity contribution is 0.170. The minimum atomic E-state index is -0.367. The third-order valence-electron chi connectivity index (χ3n) is 4.81. The Morgan fingerprint density at radius 3 is 2.59 bits per heavy atom. The van der Waals surface area contributed by atoms with Crippen LogP contribution in [0.1, 0.15) is 32.6 Å². The van der Waals surface area contributed by atoms with Gasteiger partial charge in [0.2, 0.25) is 5.82 Å². The van der Waals surface area contributed by atoms with Gasteiger partial charge in [0.15, 0.2) is 0 Å². The van der Waals surface area contributed by atoms with Gasteiger partial charge in [-0.25, -0.2) is 9.48 Å². The maximum Gasteiger partial charge on any atom is 0.347 e. The zero-order chi connectivity index (χ0) is 19.4. The Morgan fingerprint density at radius 2 is 1.93 bits per heavy atom. The minimum absolute atomic E-state index is 0.0380. The lowest BCUT2D eigenvalue weighted by atomic mass is 10.1. The van der Waals surface area contributed by atoms with E-state index >= 15 is 0 Å². The highest BCUT2D eigenvalue weighted by atomic mass is 35.5. The van der Waals surface area contributed by atoms with Crippen molar-refractivity contribution in [3.63, 3.8) is 0 Å². The molecule has 1 aliphatic rings. The fraction of sp³-hybridized carbons (Fsp3) is 0.526. The summed E-state index contributed by atoms with van der Waals surface area (Å²) >= 11 is 6.16. The van der Waals surface area contributed by atoms with E-state index in [9.17, 15) is 9.59 Å². The number of nitrogens with zero attached hydrogens (tertiary/aromatic N) is 4. The summed E-state index contributed by atoms with van der Waals surface area (Å²) in [6, 6.07) is 7.42. The number of halogens is 1. The second-order valence-electron chi connectivity index (χ2n) is 6.78. The summed E-state index contributed by atoms with van der Waals surface area (Å²) in [6.45, 7) is 3.85. The van der Waals surface area contributed by atoms with Crippen LogP contribution < -0.4 is 20.9 Å². The molecule has 27 heavy (non-hydrogen) atoms. The SMILES string of the molecule is CCCCn1nc(N2CCC(Oc3ccccc3Cl)CC2)c(=O)n(C)c1=O. The van der Waals surface area contributed by atoms with Crippen LogP contribution in [0.5, 0.6) is 5.75 Å². The van der Waals surface area contributed by atoms with Gasteiger partial charge in [-0.05, 0) is 18.6 Å². The molecule has 0 saturated carbocycles. The molecule has 0 N–H and O–H groups in total. The maximum absolute atomic E-state index is 12.5. The van der Waals surface area contributed by atoms with Gasteiger partial charge in [0.25, 0.3) is 5.56 Å². The average molecular weight is 393 g/mol. The van der Waals surface area contributed by atoms with Crippen molar-refractivity contribution in [2.24, 2.45) is 7.05 Å². The number of anilines is 1. The van der Waals surface area contributed by atoms with Crippen LogP contribution in [-0.2, 0) is 13.6 Å². The van der Waals surface area contributed by atoms with Crippen LogP contribution in [0.4, 0.5) is 5.82 Å². The quantitative estimate of drug-likeness (QED) is 0.755. The Morgan fingerprint density at radius 1 is 1.22 bits per heavy atom. The van der Waals surface area contributed by atoms with Crippen LogP contribution in [0, 0.1) is 0 Å². The van der Waals surface area contributed by atoms with Crippen LogP contribution in [0.15, 0.2) is 33.9 Å². The molecule has 1 fully saturated rings. The van der Waals surface area contributed by atoms with Gasteiger partial charge >= 0.3 is 5.69 Å². The van der Waals surface area contributed by atoms with E-state index in [-0.39, 0.29) is 17.4 Å². The molecule has 0 bridgehead atoms. The first-order chi connectivity index (χ1) is 13.0. The molecule has 1 aromatic heterocycles. The molecule has 0 radical (unpaired) electrons. The Labute approximate surface area is 163 Å². The van der Waals surface area contributed by atoms with E-state index in [1.165, 1.54) is 11.7 Å². The minimum Gasteiger partial charge on any atom is -0.489 e. The van der Waals surface area contributed by atoms with E-state index in [4.69, 9.17) is 16.3 Å². The predicted octanol–water partition coefficient (Wildman–Crippen LogP) is 2.44. The van der Waals surface area contributed by atoms with Gasteiger partial charge in [0.05, 0.1) is 5.02 Å². The highest BCUT2D eigenvalue weighted by Crippen LogP contribution is 2.27. The first kappa shape index (κ1) is 19.5. The molecular weight excluding hydrogens is 368 g/mol. The molecule has 1 aliphatic heterocycles. The summed E-state index contributed by atoms with van der Waals surface area (Å²) in [5.74, 6) is 1.02. The maximum atomic E-state index is 12.5. The highest BCUT2D eigenvalue weighted by molar-refractivity contribution is 6.32. The molecule has 0 atom stereocenters. The number of para-hydroxylation sites is 1. The first-order valence-corrected chi connectivity index (χ1v) is 9.73. The van der Waals surface area contributed by atoms with Gasteiger partial charge in [0, 0.05) is 39.5 Å². The largest absolute Gasteiger partial charge is 0.489 e. The molecule has 3 rings (SSSR count). The van der Waals surface area contributed by atoms with Crippen molar-refractivity contribution >= 4 is 17.4 Å². The summed E-state index contributed by atoms with van der Waals surface area (Å²) in [4.78, 5) is 26.7. The molecular formula is C19H25ClN4O3. The second-order valence-corrected chi connectivity index (χ2v) is 7.19. The zero-order valence-corrected chi connectivity index (χ0v) is 16.5. The van der Waals surface area contributed by atoms with Crippen molar-refractivity contribution in [3.8, 4) is 5.75 Å². The Bertz CT molecular complexity index is 901. The lowest BCUT2D eigenvalue weighted by Crippen LogP contribution is -2.47. The Balaban J connectivity index is 1.72. The number of unbranched alkanes of at least 4 members (excludes halogenated alkanes) is 1. The zero-order valence-electron chi connectivity index (χ0n) is 15.7. The van der Waals surface area contributed by atoms with Gasteiger partial charge in [-0.15, -0.1) is 5.10 Å². The topological polar surface area (TPSA) is 69.4 Å². The molecule has 0 unspecified atom stereocenters. The number of aryl methyl sites for hydroxylation is 1. The number of benzene rings is 1. The summed E-state index contributed by atoms with van der Waals surface area (Å²) in [5.41, 5.74) is -0.715. The smallest absolute Gasteiger partial charge is 0.347 e. The number of piperidine rings is 1.